The third-order valence-electron chi connectivity index (χ3n) is 5.91. The van der Waals surface area contributed by atoms with Crippen LogP contribution in [-0.2, 0) is 18.3 Å². The number of aryl methyl sites for hydroxylation is 1. The van der Waals surface area contributed by atoms with E-state index >= 15 is 0 Å². The molecule has 8 heteroatoms. The van der Waals surface area contributed by atoms with E-state index in [4.69, 9.17) is 10.00 Å². The second-order valence-electron chi connectivity index (χ2n) is 8.38. The second-order valence-corrected chi connectivity index (χ2v) is 8.38. The summed E-state index contributed by atoms with van der Waals surface area (Å²) in [5.41, 5.74) is 4.45. The SMILES string of the molecule is COc1ccccc1C(CNCCc1ccc(C#N)cc1)C(=O)Nc1ccc(-c2cnn(C)c2)cn1. The standard InChI is InChI=1S/C28H28N6O2/c1-34-19-23(17-32-34)22-11-12-27(31-16-22)33-28(35)25(24-5-3-4-6-26(24)36-2)18-30-14-13-20-7-9-21(15-29)10-8-20/h3-12,16-17,19,25,30H,13-14,18H2,1-2H3,(H,31,33,35). The number of amides is 1. The van der Waals surface area contributed by atoms with Gasteiger partial charge in [-0.3, -0.25) is 9.48 Å². The lowest BCUT2D eigenvalue weighted by Gasteiger charge is -2.20. The maximum atomic E-state index is 13.4. The van der Waals surface area contributed by atoms with E-state index in [9.17, 15) is 4.79 Å². The number of para-hydroxylation sites is 1. The molecule has 182 valence electrons. The Bertz CT molecular complexity index is 1340. The van der Waals surface area contributed by atoms with Crippen LogP contribution in [0.5, 0.6) is 5.75 Å². The molecule has 2 heterocycles. The Kier molecular flexibility index (Phi) is 8.06. The number of anilines is 1. The quantitative estimate of drug-likeness (QED) is 0.334. The Morgan fingerprint density at radius 2 is 1.89 bits per heavy atom. The number of benzene rings is 2. The number of carbonyl (C=O) groups excluding carboxylic acids is 1. The number of hydrogen-bond donors (Lipinski definition) is 2. The number of methoxy groups -OCH3 is 1. The molecule has 0 saturated carbocycles. The van der Waals surface area contributed by atoms with Gasteiger partial charge in [-0.2, -0.15) is 10.4 Å². The van der Waals surface area contributed by atoms with Gasteiger partial charge in [0.1, 0.15) is 11.6 Å². The monoisotopic (exact) mass is 480 g/mol. The lowest BCUT2D eigenvalue weighted by Crippen LogP contribution is -2.32. The van der Waals surface area contributed by atoms with Gasteiger partial charge >= 0.3 is 0 Å². The maximum Gasteiger partial charge on any atom is 0.234 e. The van der Waals surface area contributed by atoms with E-state index < -0.39 is 5.92 Å². The summed E-state index contributed by atoms with van der Waals surface area (Å²) in [6, 6.07) is 20.9. The predicted octanol–water partition coefficient (Wildman–Crippen LogP) is 3.92. The van der Waals surface area contributed by atoms with Gasteiger partial charge in [0, 0.05) is 42.7 Å². The van der Waals surface area contributed by atoms with Gasteiger partial charge in [0.2, 0.25) is 5.91 Å². The molecule has 0 aliphatic carbocycles. The molecule has 0 radical (unpaired) electrons. The van der Waals surface area contributed by atoms with Crippen LogP contribution < -0.4 is 15.4 Å². The van der Waals surface area contributed by atoms with Crippen molar-refractivity contribution in [3.8, 4) is 22.9 Å². The summed E-state index contributed by atoms with van der Waals surface area (Å²) in [4.78, 5) is 17.8. The number of pyridine rings is 1. The Morgan fingerprint density at radius 1 is 1.08 bits per heavy atom. The van der Waals surface area contributed by atoms with Crippen LogP contribution in [0.15, 0.2) is 79.3 Å². The summed E-state index contributed by atoms with van der Waals surface area (Å²) in [5.74, 6) is 0.477. The average Bonchev–Trinajstić information content (AvgIpc) is 3.35. The Hall–Kier alpha value is -4.48. The first-order valence-corrected chi connectivity index (χ1v) is 11.7. The van der Waals surface area contributed by atoms with Crippen molar-refractivity contribution in [3.05, 3.63) is 95.9 Å². The third-order valence-corrected chi connectivity index (χ3v) is 5.91. The molecule has 0 aliphatic rings. The van der Waals surface area contributed by atoms with Crippen LogP contribution in [0.1, 0.15) is 22.6 Å². The molecule has 1 amide bonds. The molecule has 0 bridgehead atoms. The summed E-state index contributed by atoms with van der Waals surface area (Å²) in [5, 5.41) is 19.5. The van der Waals surface area contributed by atoms with Crippen molar-refractivity contribution >= 4 is 11.7 Å². The summed E-state index contributed by atoms with van der Waals surface area (Å²) in [7, 11) is 3.47. The van der Waals surface area contributed by atoms with Crippen LogP contribution in [0.2, 0.25) is 0 Å². The van der Waals surface area contributed by atoms with Gasteiger partial charge in [-0.1, -0.05) is 30.3 Å². The molecule has 4 rings (SSSR count). The van der Waals surface area contributed by atoms with Crippen LogP contribution in [0.4, 0.5) is 5.82 Å². The van der Waals surface area contributed by atoms with Crippen LogP contribution in [0, 0.1) is 11.3 Å². The van der Waals surface area contributed by atoms with Gasteiger partial charge in [-0.15, -0.1) is 0 Å². The second kappa shape index (κ2) is 11.8. The number of ether oxygens (including phenoxy) is 1. The first kappa shape index (κ1) is 24.6. The highest BCUT2D eigenvalue weighted by Crippen LogP contribution is 2.27. The molecule has 2 N–H and O–H groups in total. The summed E-state index contributed by atoms with van der Waals surface area (Å²) in [6.07, 6.45) is 6.19. The van der Waals surface area contributed by atoms with Gasteiger partial charge in [0.05, 0.1) is 30.9 Å². The Balaban J connectivity index is 1.44. The lowest BCUT2D eigenvalue weighted by atomic mass is 9.96. The highest BCUT2D eigenvalue weighted by molar-refractivity contribution is 5.96. The highest BCUT2D eigenvalue weighted by Gasteiger charge is 2.24. The molecule has 8 nitrogen and oxygen atoms in total. The van der Waals surface area contributed by atoms with E-state index in [0.717, 1.165) is 28.7 Å². The van der Waals surface area contributed by atoms with E-state index in [2.05, 4.69) is 26.8 Å². The van der Waals surface area contributed by atoms with E-state index in [-0.39, 0.29) is 5.91 Å². The molecule has 1 unspecified atom stereocenters. The van der Waals surface area contributed by atoms with Crippen molar-refractivity contribution in [2.24, 2.45) is 7.05 Å². The molecule has 0 fully saturated rings. The number of carbonyl (C=O) groups is 1. The van der Waals surface area contributed by atoms with Crippen molar-refractivity contribution in [2.45, 2.75) is 12.3 Å². The molecular weight excluding hydrogens is 452 g/mol. The van der Waals surface area contributed by atoms with Crippen LogP contribution in [0.3, 0.4) is 0 Å². The molecule has 4 aromatic rings. The molecule has 0 spiro atoms. The minimum Gasteiger partial charge on any atom is -0.496 e. The highest BCUT2D eigenvalue weighted by atomic mass is 16.5. The van der Waals surface area contributed by atoms with E-state index in [1.165, 1.54) is 0 Å². The maximum absolute atomic E-state index is 13.4. The molecule has 1 atom stereocenters. The van der Waals surface area contributed by atoms with Crippen LogP contribution in [-0.4, -0.2) is 40.9 Å². The van der Waals surface area contributed by atoms with E-state index in [0.29, 0.717) is 30.2 Å². The molecule has 0 saturated heterocycles. The summed E-state index contributed by atoms with van der Waals surface area (Å²) in [6.45, 7) is 1.11. The number of aromatic nitrogens is 3. The van der Waals surface area contributed by atoms with Crippen molar-refractivity contribution < 1.29 is 9.53 Å². The first-order chi connectivity index (χ1) is 17.6. The van der Waals surface area contributed by atoms with Crippen molar-refractivity contribution in [2.75, 3.05) is 25.5 Å². The smallest absolute Gasteiger partial charge is 0.234 e. The van der Waals surface area contributed by atoms with Gasteiger partial charge in [-0.25, -0.2) is 4.98 Å². The fourth-order valence-electron chi connectivity index (χ4n) is 3.95. The molecule has 2 aromatic heterocycles. The number of nitrogens with zero attached hydrogens (tertiary/aromatic N) is 4. The zero-order chi connectivity index (χ0) is 25.3. The van der Waals surface area contributed by atoms with Crippen LogP contribution >= 0.6 is 0 Å². The zero-order valence-electron chi connectivity index (χ0n) is 20.3. The minimum atomic E-state index is -0.484. The number of nitrogens with one attached hydrogen (secondary N) is 2. The van der Waals surface area contributed by atoms with Crippen LogP contribution in [0.25, 0.3) is 11.1 Å². The van der Waals surface area contributed by atoms with Crippen molar-refractivity contribution in [1.29, 1.82) is 5.26 Å². The lowest BCUT2D eigenvalue weighted by molar-refractivity contribution is -0.117. The number of nitriles is 1. The largest absolute Gasteiger partial charge is 0.496 e. The average molecular weight is 481 g/mol. The fraction of sp³-hybridized carbons (Fsp3) is 0.214. The molecule has 36 heavy (non-hydrogen) atoms. The van der Waals surface area contributed by atoms with Crippen molar-refractivity contribution in [3.63, 3.8) is 0 Å². The summed E-state index contributed by atoms with van der Waals surface area (Å²) >= 11 is 0. The van der Waals surface area contributed by atoms with Gasteiger partial charge in [0.25, 0.3) is 0 Å². The Labute approximate surface area is 210 Å². The third kappa shape index (κ3) is 6.14. The predicted molar refractivity (Wildman–Crippen MR) is 139 cm³/mol. The molecular formula is C28H28N6O2. The van der Waals surface area contributed by atoms with E-state index in [1.807, 2.05) is 67.8 Å². The zero-order valence-corrected chi connectivity index (χ0v) is 20.3. The fourth-order valence-corrected chi connectivity index (χ4v) is 3.95. The number of hydrogen-bond acceptors (Lipinski definition) is 6. The van der Waals surface area contributed by atoms with Gasteiger partial charge < -0.3 is 15.4 Å². The summed E-state index contributed by atoms with van der Waals surface area (Å²) < 4.78 is 7.27. The number of rotatable bonds is 10. The first-order valence-electron chi connectivity index (χ1n) is 11.7. The molecule has 0 aliphatic heterocycles. The Morgan fingerprint density at radius 3 is 2.56 bits per heavy atom. The topological polar surface area (TPSA) is 105 Å². The van der Waals surface area contributed by atoms with Gasteiger partial charge in [0.15, 0.2) is 0 Å². The van der Waals surface area contributed by atoms with Crippen molar-refractivity contribution in [1.82, 2.24) is 20.1 Å². The van der Waals surface area contributed by atoms with Gasteiger partial charge in [-0.05, 0) is 48.9 Å². The minimum absolute atomic E-state index is 0.174. The molecule has 2 aromatic carbocycles. The normalized spacial score (nSPS) is 11.5. The van der Waals surface area contributed by atoms with E-state index in [1.54, 1.807) is 30.3 Å².